The zero-order valence-corrected chi connectivity index (χ0v) is 16.4. The first-order valence-electron chi connectivity index (χ1n) is 9.76. The van der Waals surface area contributed by atoms with Gasteiger partial charge in [0, 0.05) is 16.2 Å². The maximum Gasteiger partial charge on any atom is 0.145 e. The molecule has 0 unspecified atom stereocenters. The summed E-state index contributed by atoms with van der Waals surface area (Å²) >= 11 is 0. The Labute approximate surface area is 173 Å². The Morgan fingerprint density at radius 1 is 0.933 bits per heavy atom. The predicted molar refractivity (Wildman–Crippen MR) is 121 cm³/mol. The number of fused-ring (bicyclic) bond motifs is 7. The molecular formula is C26H17N3O. The summed E-state index contributed by atoms with van der Waals surface area (Å²) in [7, 11) is 0. The minimum Gasteiger partial charge on any atom is -0.455 e. The van der Waals surface area contributed by atoms with Crippen molar-refractivity contribution in [1.82, 2.24) is 4.57 Å². The average molecular weight is 387 g/mol. The molecule has 0 N–H and O–H groups in total. The first kappa shape index (κ1) is 17.8. The summed E-state index contributed by atoms with van der Waals surface area (Å²) in [5, 5.41) is 23.1. The van der Waals surface area contributed by atoms with Crippen molar-refractivity contribution in [2.24, 2.45) is 0 Å². The molecule has 2 aromatic heterocycles. The molecule has 0 saturated carbocycles. The molecule has 0 amide bonds. The van der Waals surface area contributed by atoms with E-state index in [1.807, 2.05) is 49.4 Å². The molecule has 0 atom stereocenters. The van der Waals surface area contributed by atoms with Gasteiger partial charge >= 0.3 is 0 Å². The molecule has 0 radical (unpaired) electrons. The van der Waals surface area contributed by atoms with E-state index in [4.69, 9.17) is 9.68 Å². The SMILES string of the molecule is C/C=C(C#N)\C(=C/CC#N)n1c2ccccc2c2c3oc4ccccc4c3ccc21. The van der Waals surface area contributed by atoms with E-state index in [9.17, 15) is 5.26 Å². The van der Waals surface area contributed by atoms with Crippen LogP contribution in [-0.4, -0.2) is 4.57 Å². The van der Waals surface area contributed by atoms with E-state index in [-0.39, 0.29) is 6.42 Å². The zero-order chi connectivity index (χ0) is 20.7. The minimum atomic E-state index is 0.217. The summed E-state index contributed by atoms with van der Waals surface area (Å²) in [6, 6.07) is 24.7. The van der Waals surface area contributed by atoms with Gasteiger partial charge in [-0.05, 0) is 37.3 Å². The number of allylic oxidation sites excluding steroid dienone is 4. The molecule has 0 saturated heterocycles. The van der Waals surface area contributed by atoms with Gasteiger partial charge in [-0.25, -0.2) is 0 Å². The standard InChI is InChI=1S/C26H17N3O/c1-2-17(16-28)21(11-7-15-27)29-22-10-5-3-9-20(22)25-23(29)14-13-19-18-8-4-6-12-24(18)30-26(19)25/h2-6,8-14H,7H2,1H3/b17-2-,21-11+. The third kappa shape index (κ3) is 2.45. The molecule has 0 spiro atoms. The van der Waals surface area contributed by atoms with Gasteiger partial charge in [0.2, 0.25) is 0 Å². The molecule has 5 aromatic rings. The topological polar surface area (TPSA) is 65.7 Å². The maximum absolute atomic E-state index is 9.73. The fourth-order valence-electron chi connectivity index (χ4n) is 4.23. The van der Waals surface area contributed by atoms with E-state index in [1.54, 1.807) is 6.08 Å². The highest BCUT2D eigenvalue weighted by Crippen LogP contribution is 2.41. The number of benzene rings is 3. The Morgan fingerprint density at radius 3 is 2.47 bits per heavy atom. The van der Waals surface area contributed by atoms with E-state index >= 15 is 0 Å². The Balaban J connectivity index is 1.99. The third-order valence-corrected chi connectivity index (χ3v) is 5.49. The van der Waals surface area contributed by atoms with Crippen molar-refractivity contribution < 1.29 is 4.42 Å². The van der Waals surface area contributed by atoms with Crippen molar-refractivity contribution in [2.45, 2.75) is 13.3 Å². The first-order chi connectivity index (χ1) is 14.8. The van der Waals surface area contributed by atoms with Gasteiger partial charge in [0.15, 0.2) is 0 Å². The molecule has 0 aliphatic heterocycles. The minimum absolute atomic E-state index is 0.217. The number of nitriles is 2. The van der Waals surface area contributed by atoms with Crippen LogP contribution in [0.15, 0.2) is 82.8 Å². The highest BCUT2D eigenvalue weighted by atomic mass is 16.3. The molecule has 3 aromatic carbocycles. The van der Waals surface area contributed by atoms with Gasteiger partial charge in [-0.15, -0.1) is 0 Å². The van der Waals surface area contributed by atoms with E-state index in [2.05, 4.69) is 41.0 Å². The van der Waals surface area contributed by atoms with Gasteiger partial charge in [-0.2, -0.15) is 10.5 Å². The summed E-state index contributed by atoms with van der Waals surface area (Å²) < 4.78 is 8.36. The van der Waals surface area contributed by atoms with Gasteiger partial charge in [0.25, 0.3) is 0 Å². The number of furan rings is 1. The highest BCUT2D eigenvalue weighted by molar-refractivity contribution is 6.24. The maximum atomic E-state index is 9.73. The fourth-order valence-corrected chi connectivity index (χ4v) is 4.23. The van der Waals surface area contributed by atoms with Crippen molar-refractivity contribution >= 4 is 49.4 Å². The van der Waals surface area contributed by atoms with Crippen LogP contribution in [0.4, 0.5) is 0 Å². The smallest absolute Gasteiger partial charge is 0.145 e. The van der Waals surface area contributed by atoms with Crippen LogP contribution in [0.1, 0.15) is 13.3 Å². The Bertz CT molecular complexity index is 1600. The average Bonchev–Trinajstić information content (AvgIpc) is 3.32. The second-order valence-corrected chi connectivity index (χ2v) is 7.05. The molecule has 0 aliphatic rings. The molecule has 30 heavy (non-hydrogen) atoms. The van der Waals surface area contributed by atoms with Gasteiger partial charge in [0.1, 0.15) is 17.2 Å². The number of para-hydroxylation sites is 2. The lowest BCUT2D eigenvalue weighted by Crippen LogP contribution is -1.99. The van der Waals surface area contributed by atoms with Crippen LogP contribution in [0.3, 0.4) is 0 Å². The Morgan fingerprint density at radius 2 is 1.70 bits per heavy atom. The zero-order valence-electron chi connectivity index (χ0n) is 16.4. The van der Waals surface area contributed by atoms with Crippen LogP contribution in [0, 0.1) is 22.7 Å². The molecule has 4 heteroatoms. The predicted octanol–water partition coefficient (Wildman–Crippen LogP) is 6.92. The summed E-state index contributed by atoms with van der Waals surface area (Å²) in [6.07, 6.45) is 3.81. The lowest BCUT2D eigenvalue weighted by atomic mass is 10.1. The van der Waals surface area contributed by atoms with Crippen molar-refractivity contribution in [3.05, 3.63) is 78.4 Å². The van der Waals surface area contributed by atoms with E-state index < -0.39 is 0 Å². The van der Waals surface area contributed by atoms with Crippen LogP contribution in [-0.2, 0) is 0 Å². The number of hydrogen-bond donors (Lipinski definition) is 0. The monoisotopic (exact) mass is 387 g/mol. The largest absolute Gasteiger partial charge is 0.455 e. The van der Waals surface area contributed by atoms with Crippen LogP contribution in [0.2, 0.25) is 0 Å². The van der Waals surface area contributed by atoms with Gasteiger partial charge in [-0.3, -0.25) is 0 Å². The normalized spacial score (nSPS) is 12.6. The van der Waals surface area contributed by atoms with Crippen LogP contribution in [0.25, 0.3) is 49.4 Å². The number of nitrogens with zero attached hydrogens (tertiary/aromatic N) is 3. The fraction of sp³-hybridized carbons (Fsp3) is 0.0769. The molecule has 4 nitrogen and oxygen atoms in total. The van der Waals surface area contributed by atoms with Crippen molar-refractivity contribution in [1.29, 1.82) is 10.5 Å². The molecule has 142 valence electrons. The van der Waals surface area contributed by atoms with Crippen LogP contribution < -0.4 is 0 Å². The number of rotatable bonds is 3. The number of hydrogen-bond acceptors (Lipinski definition) is 3. The van der Waals surface area contributed by atoms with E-state index in [1.165, 1.54) is 0 Å². The third-order valence-electron chi connectivity index (χ3n) is 5.49. The lowest BCUT2D eigenvalue weighted by Gasteiger charge is -2.11. The van der Waals surface area contributed by atoms with E-state index in [0.29, 0.717) is 11.3 Å². The van der Waals surface area contributed by atoms with Crippen molar-refractivity contribution in [2.75, 3.05) is 0 Å². The molecular weight excluding hydrogens is 370 g/mol. The van der Waals surface area contributed by atoms with E-state index in [0.717, 1.165) is 43.7 Å². The lowest BCUT2D eigenvalue weighted by molar-refractivity contribution is 0.673. The highest BCUT2D eigenvalue weighted by Gasteiger charge is 2.20. The molecule has 2 heterocycles. The Hall–Kier alpha value is -4.28. The second kappa shape index (κ2) is 6.95. The molecule has 5 rings (SSSR count). The molecule has 0 bridgehead atoms. The summed E-state index contributed by atoms with van der Waals surface area (Å²) in [5.41, 5.74) is 4.84. The summed E-state index contributed by atoms with van der Waals surface area (Å²) in [5.74, 6) is 0. The molecule has 0 aliphatic carbocycles. The summed E-state index contributed by atoms with van der Waals surface area (Å²) in [6.45, 7) is 1.84. The van der Waals surface area contributed by atoms with Crippen molar-refractivity contribution in [3.8, 4) is 12.1 Å². The van der Waals surface area contributed by atoms with Crippen LogP contribution >= 0.6 is 0 Å². The Kier molecular flexibility index (Phi) is 4.12. The van der Waals surface area contributed by atoms with Crippen molar-refractivity contribution in [3.63, 3.8) is 0 Å². The quantitative estimate of drug-likeness (QED) is 0.249. The van der Waals surface area contributed by atoms with Gasteiger partial charge in [-0.1, -0.05) is 42.5 Å². The summed E-state index contributed by atoms with van der Waals surface area (Å²) in [4.78, 5) is 0. The van der Waals surface area contributed by atoms with Crippen LogP contribution in [0.5, 0.6) is 0 Å². The molecule has 0 fully saturated rings. The second-order valence-electron chi connectivity index (χ2n) is 7.05. The van der Waals surface area contributed by atoms with Gasteiger partial charge < -0.3 is 8.98 Å². The first-order valence-corrected chi connectivity index (χ1v) is 9.76. The van der Waals surface area contributed by atoms with Gasteiger partial charge in [0.05, 0.1) is 40.2 Å². The number of aromatic nitrogens is 1.